The number of fused-ring (bicyclic) bond motifs is 1. The molecule has 1 amide bonds. The highest BCUT2D eigenvalue weighted by Crippen LogP contribution is 2.35. The molecule has 5 rings (SSSR count). The van der Waals surface area contributed by atoms with Gasteiger partial charge in [-0.2, -0.15) is 4.39 Å². The smallest absolute Gasteiger partial charge is 0.326 e. The summed E-state index contributed by atoms with van der Waals surface area (Å²) in [6.45, 7) is 0.436. The van der Waals surface area contributed by atoms with Gasteiger partial charge in [-0.1, -0.05) is 34.1 Å². The van der Waals surface area contributed by atoms with Gasteiger partial charge in [-0.15, -0.1) is 0 Å². The Morgan fingerprint density at radius 3 is 2.36 bits per heavy atom. The van der Waals surface area contributed by atoms with Crippen LogP contribution in [0, 0.1) is 17.6 Å². The van der Waals surface area contributed by atoms with Crippen LogP contribution in [0.2, 0.25) is 0 Å². The molecule has 3 N–H and O–H groups in total. The number of pyridine rings is 1. The molecule has 1 atom stereocenters. The SMILES string of the molecule is O=C(NC(Cc1ccc(Br)c2c1OCCC2)C(=O)O)c1c(F)cc(NS(=O)(=O)c2ccc(-c3ccnc(F)c3)cc2)cc1F. The molecule has 4 aromatic rings. The predicted octanol–water partition coefficient (Wildman–Crippen LogP) is 5.48. The van der Waals surface area contributed by atoms with E-state index in [1.165, 1.54) is 42.6 Å². The minimum Gasteiger partial charge on any atom is -0.493 e. The molecule has 9 nitrogen and oxygen atoms in total. The Kier molecular flexibility index (Phi) is 8.92. The molecule has 0 aliphatic carbocycles. The molecule has 1 aromatic heterocycles. The van der Waals surface area contributed by atoms with Crippen molar-refractivity contribution < 1.29 is 41.0 Å². The lowest BCUT2D eigenvalue weighted by molar-refractivity contribution is -0.139. The number of benzene rings is 3. The zero-order valence-electron chi connectivity index (χ0n) is 22.6. The summed E-state index contributed by atoms with van der Waals surface area (Å²) < 4.78 is 77.8. The number of aromatic nitrogens is 1. The largest absolute Gasteiger partial charge is 0.493 e. The van der Waals surface area contributed by atoms with E-state index in [1.807, 2.05) is 0 Å². The number of nitrogens with zero attached hydrogens (tertiary/aromatic N) is 1. The van der Waals surface area contributed by atoms with E-state index in [4.69, 9.17) is 4.74 Å². The minimum absolute atomic E-state index is 0.216. The number of carboxylic acid groups (broad SMARTS) is 1. The number of hydrogen-bond donors (Lipinski definition) is 3. The topological polar surface area (TPSA) is 135 Å². The lowest BCUT2D eigenvalue weighted by Crippen LogP contribution is -2.43. The number of rotatable bonds is 9. The van der Waals surface area contributed by atoms with E-state index >= 15 is 8.78 Å². The van der Waals surface area contributed by atoms with E-state index in [0.29, 0.717) is 47.6 Å². The van der Waals surface area contributed by atoms with Gasteiger partial charge in [0.15, 0.2) is 0 Å². The van der Waals surface area contributed by atoms with Crippen LogP contribution in [0.15, 0.2) is 76.2 Å². The fourth-order valence-corrected chi connectivity index (χ4v) is 6.32. The number of hydrogen-bond acceptors (Lipinski definition) is 6. The zero-order valence-corrected chi connectivity index (χ0v) is 25.0. The third-order valence-electron chi connectivity index (χ3n) is 6.88. The average molecular weight is 690 g/mol. The fourth-order valence-electron chi connectivity index (χ4n) is 4.77. The molecule has 0 saturated carbocycles. The molecular formula is C30H23BrF3N3O6S. The van der Waals surface area contributed by atoms with Crippen LogP contribution >= 0.6 is 15.9 Å². The second-order valence-corrected chi connectivity index (χ2v) is 12.4. The number of nitrogens with one attached hydrogen (secondary N) is 2. The summed E-state index contributed by atoms with van der Waals surface area (Å²) in [4.78, 5) is 28.1. The monoisotopic (exact) mass is 689 g/mol. The van der Waals surface area contributed by atoms with Crippen molar-refractivity contribution in [3.05, 3.63) is 106 Å². The highest BCUT2D eigenvalue weighted by Gasteiger charge is 2.28. The van der Waals surface area contributed by atoms with Crippen molar-refractivity contribution in [3.8, 4) is 16.9 Å². The molecule has 3 aromatic carbocycles. The van der Waals surface area contributed by atoms with Crippen LogP contribution in [0.1, 0.15) is 27.9 Å². The first kappa shape index (κ1) is 31.0. The highest BCUT2D eigenvalue weighted by atomic mass is 79.9. The molecule has 2 heterocycles. The quantitative estimate of drug-likeness (QED) is 0.198. The molecule has 14 heteroatoms. The average Bonchev–Trinajstić information content (AvgIpc) is 2.97. The molecule has 44 heavy (non-hydrogen) atoms. The van der Waals surface area contributed by atoms with Gasteiger partial charge in [0, 0.05) is 28.7 Å². The molecule has 0 fully saturated rings. The maximum absolute atomic E-state index is 15.0. The molecule has 0 bridgehead atoms. The Labute approximate surface area is 258 Å². The van der Waals surface area contributed by atoms with Gasteiger partial charge < -0.3 is 15.2 Å². The van der Waals surface area contributed by atoms with Crippen molar-refractivity contribution in [1.29, 1.82) is 0 Å². The number of anilines is 1. The molecular weight excluding hydrogens is 667 g/mol. The van der Waals surface area contributed by atoms with Crippen LogP contribution in [-0.4, -0.2) is 43.0 Å². The number of halogens is 4. The predicted molar refractivity (Wildman–Crippen MR) is 157 cm³/mol. The van der Waals surface area contributed by atoms with Crippen molar-refractivity contribution >= 4 is 43.5 Å². The maximum atomic E-state index is 15.0. The Morgan fingerprint density at radius 1 is 1.00 bits per heavy atom. The van der Waals surface area contributed by atoms with Gasteiger partial charge in [-0.05, 0) is 65.9 Å². The first-order chi connectivity index (χ1) is 20.9. The van der Waals surface area contributed by atoms with Crippen molar-refractivity contribution in [2.45, 2.75) is 30.2 Å². The van der Waals surface area contributed by atoms with Gasteiger partial charge >= 0.3 is 5.97 Å². The Bertz CT molecular complexity index is 1850. The summed E-state index contributed by atoms with van der Waals surface area (Å²) in [5, 5.41) is 11.9. The highest BCUT2D eigenvalue weighted by molar-refractivity contribution is 9.10. The lowest BCUT2D eigenvalue weighted by Gasteiger charge is -2.23. The number of carbonyl (C=O) groups is 2. The third-order valence-corrected chi connectivity index (χ3v) is 9.02. The normalized spacial score (nSPS) is 13.4. The van der Waals surface area contributed by atoms with Crippen molar-refractivity contribution in [2.24, 2.45) is 0 Å². The Hall–Kier alpha value is -4.43. The van der Waals surface area contributed by atoms with E-state index < -0.39 is 56.8 Å². The van der Waals surface area contributed by atoms with Gasteiger partial charge in [0.1, 0.15) is 29.0 Å². The molecule has 0 spiro atoms. The number of aliphatic carboxylic acids is 1. The molecule has 228 valence electrons. The Morgan fingerprint density at radius 2 is 1.70 bits per heavy atom. The first-order valence-electron chi connectivity index (χ1n) is 13.1. The van der Waals surface area contributed by atoms with Crippen molar-refractivity contribution in [2.75, 3.05) is 11.3 Å². The second-order valence-electron chi connectivity index (χ2n) is 9.85. The van der Waals surface area contributed by atoms with Crippen LogP contribution in [0.5, 0.6) is 5.75 Å². The maximum Gasteiger partial charge on any atom is 0.326 e. The number of ether oxygens (including phenoxy) is 1. The van der Waals surface area contributed by atoms with Crippen molar-refractivity contribution in [3.63, 3.8) is 0 Å². The van der Waals surface area contributed by atoms with E-state index in [2.05, 4.69) is 31.0 Å². The van der Waals surface area contributed by atoms with E-state index in [-0.39, 0.29) is 11.3 Å². The number of amides is 1. The first-order valence-corrected chi connectivity index (χ1v) is 15.4. The summed E-state index contributed by atoms with van der Waals surface area (Å²) in [6, 6.07) is 11.1. The van der Waals surface area contributed by atoms with Crippen LogP contribution in [0.25, 0.3) is 11.1 Å². The summed E-state index contributed by atoms with van der Waals surface area (Å²) >= 11 is 3.44. The molecule has 0 saturated heterocycles. The fraction of sp³-hybridized carbons (Fsp3) is 0.167. The van der Waals surface area contributed by atoms with E-state index in [0.717, 1.165) is 16.5 Å². The third kappa shape index (κ3) is 6.70. The summed E-state index contributed by atoms with van der Waals surface area (Å²) in [5.41, 5.74) is 0.737. The number of carbonyl (C=O) groups excluding carboxylic acids is 1. The van der Waals surface area contributed by atoms with Crippen LogP contribution in [0.4, 0.5) is 18.9 Å². The zero-order chi connectivity index (χ0) is 31.6. The van der Waals surface area contributed by atoms with E-state index in [1.54, 1.807) is 12.1 Å². The number of carboxylic acids is 1. The summed E-state index contributed by atoms with van der Waals surface area (Å²) in [6.07, 6.45) is 2.53. The minimum atomic E-state index is -4.33. The van der Waals surface area contributed by atoms with Gasteiger partial charge in [0.2, 0.25) is 5.95 Å². The van der Waals surface area contributed by atoms with Crippen LogP contribution < -0.4 is 14.8 Å². The standard InChI is InChI=1S/C30H23BrF3N3O6S/c31-22-8-5-18(28-21(22)2-1-11-43-28)12-25(30(39)40)36-29(38)27-23(32)14-19(15-24(27)33)37-44(41,42)20-6-3-16(4-7-20)17-9-10-35-26(34)13-17/h3-10,13-15,25,37H,1-2,11-12H2,(H,36,38)(H,39,40). The second kappa shape index (κ2) is 12.7. The van der Waals surface area contributed by atoms with Gasteiger partial charge in [-0.25, -0.2) is 27.0 Å². The number of sulfonamides is 1. The van der Waals surface area contributed by atoms with Crippen LogP contribution in [0.3, 0.4) is 0 Å². The molecule has 1 aliphatic rings. The van der Waals surface area contributed by atoms with Crippen LogP contribution in [-0.2, 0) is 27.7 Å². The van der Waals surface area contributed by atoms with Gasteiger partial charge in [0.25, 0.3) is 15.9 Å². The van der Waals surface area contributed by atoms with E-state index in [9.17, 15) is 27.5 Å². The summed E-state index contributed by atoms with van der Waals surface area (Å²) in [7, 11) is -4.33. The Balaban J connectivity index is 1.32. The van der Waals surface area contributed by atoms with Crippen molar-refractivity contribution in [1.82, 2.24) is 10.3 Å². The van der Waals surface area contributed by atoms with Gasteiger partial charge in [0.05, 0.1) is 17.2 Å². The molecule has 0 radical (unpaired) electrons. The van der Waals surface area contributed by atoms with Gasteiger partial charge in [-0.3, -0.25) is 9.52 Å². The molecule has 1 unspecified atom stereocenters. The summed E-state index contributed by atoms with van der Waals surface area (Å²) in [5.74, 6) is -5.81. The molecule has 1 aliphatic heterocycles. The lowest BCUT2D eigenvalue weighted by atomic mass is 9.97.